The molecule has 0 saturated carbocycles. The number of nitrogens with zero attached hydrogens (tertiary/aromatic N) is 2. The van der Waals surface area contributed by atoms with Gasteiger partial charge in [0, 0.05) is 0 Å². The molecule has 195 valence electrons. The Bertz CT molecular complexity index is 1540. The van der Waals surface area contributed by atoms with Gasteiger partial charge in [0.2, 0.25) is 0 Å². The maximum atomic E-state index is 8.34. The van der Waals surface area contributed by atoms with Crippen molar-refractivity contribution in [2.75, 3.05) is 0 Å². The van der Waals surface area contributed by atoms with Crippen LogP contribution in [0.15, 0.2) is 84.5 Å². The van der Waals surface area contributed by atoms with E-state index in [4.69, 9.17) is 17.0 Å². The Morgan fingerprint density at radius 3 is 1.45 bits per heavy atom. The first-order valence-corrected chi connectivity index (χ1v) is 29.8. The van der Waals surface area contributed by atoms with Gasteiger partial charge in [-0.15, -0.1) is 0 Å². The Morgan fingerprint density at radius 1 is 0.684 bits per heavy atom. The van der Waals surface area contributed by atoms with Gasteiger partial charge in [0.15, 0.2) is 0 Å². The molecule has 0 radical (unpaired) electrons. The summed E-state index contributed by atoms with van der Waals surface area (Å²) in [6.07, 6.45) is 13.4. The molecular weight excluding hydrogens is 603 g/mol. The molecule has 6 rings (SSSR count). The number of fused-ring (bicyclic) bond motifs is 2. The van der Waals surface area contributed by atoms with Crippen LogP contribution in [0.2, 0.25) is 13.1 Å². The average Bonchev–Trinajstić information content (AvgIpc) is 3.63. The van der Waals surface area contributed by atoms with Gasteiger partial charge in [-0.25, -0.2) is 0 Å². The molecule has 4 aromatic rings. The molecule has 2 aromatic heterocycles. The molecule has 38 heavy (non-hydrogen) atoms. The van der Waals surface area contributed by atoms with Crippen LogP contribution in [0.3, 0.4) is 0 Å². The van der Waals surface area contributed by atoms with Crippen molar-refractivity contribution < 1.29 is 15.6 Å². The van der Waals surface area contributed by atoms with Gasteiger partial charge in [0.25, 0.3) is 0 Å². The number of hydrogen-bond donors (Lipinski definition) is 0. The van der Waals surface area contributed by atoms with E-state index in [0.717, 1.165) is 0 Å². The van der Waals surface area contributed by atoms with Crippen molar-refractivity contribution in [3.8, 4) is 22.3 Å². The summed E-state index contributed by atoms with van der Waals surface area (Å²) in [4.78, 5) is 0. The summed E-state index contributed by atoms with van der Waals surface area (Å²) < 4.78 is 4.45. The fourth-order valence-electron chi connectivity index (χ4n) is 7.23. The van der Waals surface area contributed by atoms with Gasteiger partial charge in [0.1, 0.15) is 0 Å². The second-order valence-electron chi connectivity index (χ2n) is 11.8. The predicted octanol–water partition coefficient (Wildman–Crippen LogP) is 9.29. The molecule has 0 N–H and O–H groups in total. The Kier molecular flexibility index (Phi) is 6.32. The Hall–Kier alpha value is -1.84. The number of hydrogen-bond acceptors (Lipinski definition) is 0. The van der Waals surface area contributed by atoms with Crippen molar-refractivity contribution in [3.05, 3.63) is 107 Å². The summed E-state index contributed by atoms with van der Waals surface area (Å²) in [5.74, 6) is -1.54. The first kappa shape index (κ1) is 26.4. The molecule has 2 aliphatic rings. The van der Waals surface area contributed by atoms with Gasteiger partial charge in [-0.05, 0) is 0 Å². The summed E-state index contributed by atoms with van der Waals surface area (Å²) in [5, 5.41) is 0. The summed E-state index contributed by atoms with van der Waals surface area (Å²) in [5.41, 5.74) is 13.0. The second kappa shape index (κ2) is 9.10. The van der Waals surface area contributed by atoms with Crippen molar-refractivity contribution in [2.24, 2.45) is 14.1 Å². The van der Waals surface area contributed by atoms with Crippen LogP contribution in [0, 0.1) is 0 Å². The number of halogens is 2. The number of aromatic nitrogens is 2. The van der Waals surface area contributed by atoms with Crippen molar-refractivity contribution in [1.29, 1.82) is 0 Å². The van der Waals surface area contributed by atoms with Gasteiger partial charge in [0.05, 0.1) is 0 Å². The number of aryl methyl sites for hydroxylation is 2. The molecule has 2 atom stereocenters. The molecule has 0 amide bonds. The zero-order chi connectivity index (χ0) is 27.0. The van der Waals surface area contributed by atoms with E-state index >= 15 is 0 Å². The standard InChI is InChI=1S/2C15H14N.C2H7Si.2ClH.Zr/c2*1-11-8-12-4-3-5-14(15(12)9-11)13-6-7-16(2)10-13;1-3-2;;;/h2*3-10H,1-2H3;3H,1-2H3;2*1H;/q;;;;;+2/p-2. The molecule has 2 heterocycles. The average molecular weight is 638 g/mol. The second-order valence-corrected chi connectivity index (χ2v) is 54.3. The quantitative estimate of drug-likeness (QED) is 0.193. The minimum atomic E-state index is -4.63. The summed E-state index contributed by atoms with van der Waals surface area (Å²) >= 11 is -4.63. The van der Waals surface area contributed by atoms with E-state index in [0.29, 0.717) is 0 Å². The van der Waals surface area contributed by atoms with Crippen molar-refractivity contribution in [2.45, 2.75) is 34.2 Å². The van der Waals surface area contributed by atoms with Crippen LogP contribution < -0.4 is 0 Å². The van der Waals surface area contributed by atoms with E-state index in [-0.39, 0.29) is 7.25 Å². The van der Waals surface area contributed by atoms with Crippen LogP contribution >= 0.6 is 17.0 Å². The molecule has 6 heteroatoms. The van der Waals surface area contributed by atoms with Crippen LogP contribution in [-0.2, 0) is 29.7 Å². The fraction of sp³-hybridized carbons (Fsp3) is 0.250. The molecule has 0 aliphatic heterocycles. The summed E-state index contributed by atoms with van der Waals surface area (Å²) in [6, 6.07) is 17.9. The van der Waals surface area contributed by atoms with E-state index in [1.54, 1.807) is 0 Å². The SMILES string of the molecule is CC1=Cc2c(-c3ccn(C)c3)cccc2[CH]1[Zr]([Cl])([Cl])([CH]1C(C)=Cc2c(-c3ccn(C)c3)cccc21)[SiH](C)C. The topological polar surface area (TPSA) is 9.86 Å². The van der Waals surface area contributed by atoms with E-state index in [9.17, 15) is 0 Å². The van der Waals surface area contributed by atoms with Crippen molar-refractivity contribution in [1.82, 2.24) is 9.13 Å². The Balaban J connectivity index is 1.55. The molecule has 0 saturated heterocycles. The molecular formula is C32H35Cl2N2SiZr. The first-order valence-electron chi connectivity index (χ1n) is 13.4. The third-order valence-electron chi connectivity index (χ3n) is 9.05. The molecule has 0 fully saturated rings. The van der Waals surface area contributed by atoms with Gasteiger partial charge in [-0.3, -0.25) is 0 Å². The van der Waals surface area contributed by atoms with E-state index < -0.39 is 21.5 Å². The normalized spacial score (nSPS) is 19.7. The zero-order valence-corrected chi connectivity index (χ0v) is 28.1. The number of allylic oxidation sites excluding steroid dienone is 2. The van der Waals surface area contributed by atoms with Crippen LogP contribution in [0.4, 0.5) is 0 Å². The minimum absolute atomic E-state index is 0.116. The van der Waals surface area contributed by atoms with Crippen LogP contribution in [-0.4, -0.2) is 15.1 Å². The van der Waals surface area contributed by atoms with Gasteiger partial charge >= 0.3 is 237 Å². The van der Waals surface area contributed by atoms with E-state index in [1.807, 2.05) is 0 Å². The van der Waals surface area contributed by atoms with E-state index in [1.165, 1.54) is 55.7 Å². The fourth-order valence-corrected chi connectivity index (χ4v) is 40.2. The Morgan fingerprint density at radius 2 is 1.11 bits per heavy atom. The number of benzene rings is 2. The molecule has 2 nitrogen and oxygen atoms in total. The van der Waals surface area contributed by atoms with Crippen LogP contribution in [0.1, 0.15) is 43.4 Å². The monoisotopic (exact) mass is 635 g/mol. The summed E-state index contributed by atoms with van der Waals surface area (Å²) in [6.45, 7) is 9.35. The molecule has 2 aromatic carbocycles. The van der Waals surface area contributed by atoms with Gasteiger partial charge in [-0.2, -0.15) is 0 Å². The third kappa shape index (κ3) is 3.74. The van der Waals surface area contributed by atoms with Gasteiger partial charge < -0.3 is 0 Å². The third-order valence-corrected chi connectivity index (χ3v) is 61.3. The molecule has 0 spiro atoms. The number of rotatable bonds is 5. The maximum absolute atomic E-state index is 8.34. The van der Waals surface area contributed by atoms with Crippen molar-refractivity contribution >= 4 is 35.1 Å². The molecule has 2 unspecified atom stereocenters. The molecule has 2 aliphatic carbocycles. The van der Waals surface area contributed by atoms with Crippen LogP contribution in [0.25, 0.3) is 34.4 Å². The van der Waals surface area contributed by atoms with Crippen molar-refractivity contribution in [3.63, 3.8) is 0 Å². The van der Waals surface area contributed by atoms with Crippen LogP contribution in [0.5, 0.6) is 0 Å². The van der Waals surface area contributed by atoms with E-state index in [2.05, 4.69) is 136 Å². The summed E-state index contributed by atoms with van der Waals surface area (Å²) in [7, 11) is 20.8. The molecule has 0 bridgehead atoms. The van der Waals surface area contributed by atoms with Gasteiger partial charge in [-0.1, -0.05) is 0 Å². The zero-order valence-electron chi connectivity index (χ0n) is 23.0. The Labute approximate surface area is 235 Å². The predicted molar refractivity (Wildman–Crippen MR) is 165 cm³/mol. The first-order chi connectivity index (χ1) is 18.0.